The number of nitrogens with zero attached hydrogens (tertiary/aromatic N) is 2. The number of carbonyl (C=O) groups excluding carboxylic acids is 2. The Kier molecular flexibility index (Phi) is 9.45. The fourth-order valence-electron chi connectivity index (χ4n) is 3.74. The van der Waals surface area contributed by atoms with E-state index >= 15 is 0 Å². The molecule has 0 spiro atoms. The molecule has 0 aliphatic carbocycles. The van der Waals surface area contributed by atoms with Crippen molar-refractivity contribution in [3.8, 4) is 5.75 Å². The standard InChI is InChI=1S/C24H25Cl2F3N2O4/c1-4-11-23(17-7-10-19(25)20(26)12-17,15-30(2)21(32)13-24(27,28)29)31(22(33)34)14-16-5-8-18(35-3)9-6-16/h4-10,12H,1,11,13-15H2,2-3H3,(H,33,34)/p-1/t23-/m1/s1. The predicted octanol–water partition coefficient (Wildman–Crippen LogP) is 5.03. The molecule has 2 aromatic carbocycles. The summed E-state index contributed by atoms with van der Waals surface area (Å²) in [7, 11) is 2.65. The number of benzene rings is 2. The van der Waals surface area contributed by atoms with Crippen LogP contribution in [0.1, 0.15) is 24.0 Å². The third kappa shape index (κ3) is 7.29. The number of methoxy groups -OCH3 is 1. The smallest absolute Gasteiger partial charge is 0.397 e. The molecule has 11 heteroatoms. The second-order valence-corrected chi connectivity index (χ2v) is 8.71. The first-order chi connectivity index (χ1) is 16.3. The first kappa shape index (κ1) is 28.3. The average molecular weight is 532 g/mol. The Morgan fingerprint density at radius 3 is 2.23 bits per heavy atom. The number of amides is 2. The lowest BCUT2D eigenvalue weighted by molar-refractivity contribution is -0.274. The van der Waals surface area contributed by atoms with Gasteiger partial charge in [-0.3, -0.25) is 4.79 Å². The van der Waals surface area contributed by atoms with Crippen LogP contribution in [0, 0.1) is 0 Å². The third-order valence-electron chi connectivity index (χ3n) is 5.45. The molecule has 0 heterocycles. The van der Waals surface area contributed by atoms with Gasteiger partial charge in [0.25, 0.3) is 0 Å². The molecule has 0 aromatic heterocycles. The van der Waals surface area contributed by atoms with Crippen LogP contribution >= 0.6 is 23.2 Å². The molecule has 0 fully saturated rings. The Morgan fingerprint density at radius 2 is 1.74 bits per heavy atom. The zero-order valence-corrected chi connectivity index (χ0v) is 20.6. The highest BCUT2D eigenvalue weighted by atomic mass is 35.5. The van der Waals surface area contributed by atoms with Crippen LogP contribution in [0.4, 0.5) is 18.0 Å². The molecule has 0 aliphatic rings. The Morgan fingerprint density at radius 1 is 1.11 bits per heavy atom. The molecule has 6 nitrogen and oxygen atoms in total. The zero-order chi connectivity index (χ0) is 26.4. The van der Waals surface area contributed by atoms with E-state index in [4.69, 9.17) is 27.9 Å². The number of hydrogen-bond donors (Lipinski definition) is 0. The molecule has 0 N–H and O–H groups in total. The summed E-state index contributed by atoms with van der Waals surface area (Å²) in [5.74, 6) is -0.679. The lowest BCUT2D eigenvalue weighted by Gasteiger charge is -2.47. The molecule has 35 heavy (non-hydrogen) atoms. The minimum atomic E-state index is -4.73. The molecule has 2 rings (SSSR count). The van der Waals surface area contributed by atoms with Crippen LogP contribution in [0.5, 0.6) is 5.75 Å². The molecule has 1 atom stereocenters. The Bertz CT molecular complexity index is 1060. The summed E-state index contributed by atoms with van der Waals surface area (Å²) in [5.41, 5.74) is -0.742. The van der Waals surface area contributed by atoms with Crippen molar-refractivity contribution in [3.05, 3.63) is 76.3 Å². The highest BCUT2D eigenvalue weighted by Gasteiger charge is 2.42. The number of halogens is 5. The molecule has 0 aliphatic heterocycles. The van der Waals surface area contributed by atoms with Gasteiger partial charge in [-0.05, 0) is 41.8 Å². The highest BCUT2D eigenvalue weighted by Crippen LogP contribution is 2.38. The van der Waals surface area contributed by atoms with Gasteiger partial charge in [0.2, 0.25) is 5.91 Å². The Labute approximate surface area is 211 Å². The van der Waals surface area contributed by atoms with E-state index in [2.05, 4.69) is 6.58 Å². The molecule has 2 amide bonds. The summed E-state index contributed by atoms with van der Waals surface area (Å²) in [4.78, 5) is 26.6. The van der Waals surface area contributed by atoms with Gasteiger partial charge >= 0.3 is 6.18 Å². The monoisotopic (exact) mass is 531 g/mol. The zero-order valence-electron chi connectivity index (χ0n) is 19.1. The average Bonchev–Trinajstić information content (AvgIpc) is 2.78. The van der Waals surface area contributed by atoms with Gasteiger partial charge in [-0.15, -0.1) is 6.58 Å². The van der Waals surface area contributed by atoms with Gasteiger partial charge in [0.15, 0.2) is 0 Å². The maximum absolute atomic E-state index is 12.9. The van der Waals surface area contributed by atoms with E-state index in [-0.39, 0.29) is 23.0 Å². The molecule has 0 radical (unpaired) electrons. The van der Waals surface area contributed by atoms with E-state index in [0.717, 1.165) is 9.80 Å². The SMILES string of the molecule is C=CC[C@@](CN(C)C(=O)CC(F)(F)F)(c1ccc(Cl)c(Cl)c1)N(Cc1ccc(OC)cc1)C(=O)[O-]. The maximum atomic E-state index is 12.9. The van der Waals surface area contributed by atoms with Crippen LogP contribution in [0.15, 0.2) is 55.1 Å². The van der Waals surface area contributed by atoms with Crippen LogP contribution in [0.3, 0.4) is 0 Å². The minimum Gasteiger partial charge on any atom is -0.530 e. The van der Waals surface area contributed by atoms with E-state index < -0.39 is 36.7 Å². The van der Waals surface area contributed by atoms with Crippen molar-refractivity contribution >= 4 is 35.2 Å². The van der Waals surface area contributed by atoms with Crippen LogP contribution < -0.4 is 9.84 Å². The van der Waals surface area contributed by atoms with Gasteiger partial charge in [0, 0.05) is 20.1 Å². The molecular weight excluding hydrogens is 508 g/mol. The molecule has 0 unspecified atom stereocenters. The molecule has 2 aromatic rings. The van der Waals surface area contributed by atoms with E-state index in [1.54, 1.807) is 24.3 Å². The first-order valence-corrected chi connectivity index (χ1v) is 11.1. The van der Waals surface area contributed by atoms with Crippen LogP contribution in [-0.4, -0.2) is 48.7 Å². The lowest BCUT2D eigenvalue weighted by atomic mass is 9.83. The molecule has 0 saturated heterocycles. The van der Waals surface area contributed by atoms with E-state index in [0.29, 0.717) is 16.9 Å². The minimum absolute atomic E-state index is 0.0707. The summed E-state index contributed by atoms with van der Waals surface area (Å²) in [5, 5.41) is 12.8. The summed E-state index contributed by atoms with van der Waals surface area (Å²) < 4.78 is 43.8. The number of likely N-dealkylation sites (N-methyl/N-ethyl adjacent to an activating group) is 1. The number of rotatable bonds is 10. The molecule has 0 bridgehead atoms. The largest absolute Gasteiger partial charge is 0.530 e. The fourth-order valence-corrected chi connectivity index (χ4v) is 4.04. The fraction of sp³-hybridized carbons (Fsp3) is 0.333. The molecular formula is C24H24Cl2F3N2O4-. The van der Waals surface area contributed by atoms with Crippen molar-refractivity contribution in [2.24, 2.45) is 0 Å². The van der Waals surface area contributed by atoms with Crippen molar-refractivity contribution in [1.82, 2.24) is 9.80 Å². The lowest BCUT2D eigenvalue weighted by Crippen LogP contribution is -2.58. The summed E-state index contributed by atoms with van der Waals surface area (Å²) >= 11 is 12.2. The van der Waals surface area contributed by atoms with Crippen LogP contribution in [0.2, 0.25) is 10.0 Å². The topological polar surface area (TPSA) is 72.9 Å². The summed E-state index contributed by atoms with van der Waals surface area (Å²) in [6.45, 7) is 3.05. The van der Waals surface area contributed by atoms with Crippen molar-refractivity contribution in [3.63, 3.8) is 0 Å². The number of carbonyl (C=O) groups is 2. The number of ether oxygens (including phenoxy) is 1. The van der Waals surface area contributed by atoms with Crippen molar-refractivity contribution in [2.75, 3.05) is 20.7 Å². The van der Waals surface area contributed by atoms with Crippen molar-refractivity contribution in [1.29, 1.82) is 0 Å². The van der Waals surface area contributed by atoms with Crippen molar-refractivity contribution in [2.45, 2.75) is 31.1 Å². The van der Waals surface area contributed by atoms with E-state index in [9.17, 15) is 27.9 Å². The quantitative estimate of drug-likeness (QED) is 0.403. The van der Waals surface area contributed by atoms with Gasteiger partial charge in [-0.25, -0.2) is 0 Å². The third-order valence-corrected chi connectivity index (χ3v) is 6.19. The van der Waals surface area contributed by atoms with Gasteiger partial charge in [0.1, 0.15) is 18.3 Å². The van der Waals surface area contributed by atoms with Gasteiger partial charge < -0.3 is 24.4 Å². The van der Waals surface area contributed by atoms with Gasteiger partial charge in [-0.1, -0.05) is 47.5 Å². The highest BCUT2D eigenvalue weighted by molar-refractivity contribution is 6.42. The number of hydrogen-bond acceptors (Lipinski definition) is 4. The Hall–Kier alpha value is -2.91. The normalized spacial score (nSPS) is 13.0. The van der Waals surface area contributed by atoms with E-state index in [1.807, 2.05) is 0 Å². The number of carboxylic acid groups (broad SMARTS) is 1. The predicted molar refractivity (Wildman–Crippen MR) is 125 cm³/mol. The van der Waals surface area contributed by atoms with Gasteiger partial charge in [0.05, 0.1) is 22.7 Å². The molecule has 0 saturated carbocycles. The number of alkyl halides is 3. The van der Waals surface area contributed by atoms with Crippen molar-refractivity contribution < 1.29 is 32.6 Å². The maximum Gasteiger partial charge on any atom is 0.397 e. The van der Waals surface area contributed by atoms with Gasteiger partial charge in [-0.2, -0.15) is 13.2 Å². The Balaban J connectivity index is 2.64. The summed E-state index contributed by atoms with van der Waals surface area (Å²) in [6.07, 6.45) is -6.69. The van der Waals surface area contributed by atoms with Crippen LogP contribution in [0.25, 0.3) is 0 Å². The van der Waals surface area contributed by atoms with E-state index in [1.165, 1.54) is 38.4 Å². The van der Waals surface area contributed by atoms with Crippen LogP contribution in [-0.2, 0) is 16.9 Å². The summed E-state index contributed by atoms with van der Waals surface area (Å²) in [6, 6.07) is 10.9. The second-order valence-electron chi connectivity index (χ2n) is 7.90. The second kappa shape index (κ2) is 11.7. The first-order valence-electron chi connectivity index (χ1n) is 10.3. The molecule has 190 valence electrons.